The van der Waals surface area contributed by atoms with Crippen molar-refractivity contribution in [2.75, 3.05) is 17.5 Å². The van der Waals surface area contributed by atoms with Crippen LogP contribution < -0.4 is 5.32 Å². The highest BCUT2D eigenvalue weighted by Crippen LogP contribution is 2.16. The molecule has 0 radical (unpaired) electrons. The van der Waals surface area contributed by atoms with Crippen LogP contribution >= 0.6 is 22.6 Å². The number of nitrogens with one attached hydrogen (secondary N) is 1. The number of benzene rings is 2. The van der Waals surface area contributed by atoms with Gasteiger partial charge in [-0.2, -0.15) is 0 Å². The van der Waals surface area contributed by atoms with Crippen LogP contribution in [-0.4, -0.2) is 51.5 Å². The van der Waals surface area contributed by atoms with Crippen molar-refractivity contribution >= 4 is 34.4 Å². The standard InChI is InChI=1S/C25H31F2IN2O3/c1-4-6-30(7-5-2)25(33)19-9-16(3)8-18(13-19)24(32)29-22(23(31)15-28)12-17-10-20(26)14-21(27)11-17/h8-11,13-14,22-23,31H,4-7,12,15H2,1-3H3,(H,29,32)/t22-,23+/m0/s1. The summed E-state index contributed by atoms with van der Waals surface area (Å²) in [5.41, 5.74) is 1.82. The first kappa shape index (κ1) is 27.2. The maximum atomic E-state index is 13.6. The number of aryl methyl sites for hydroxylation is 1. The third-order valence-corrected chi connectivity index (χ3v) is 6.08. The van der Waals surface area contributed by atoms with Gasteiger partial charge in [-0.15, -0.1) is 0 Å². The summed E-state index contributed by atoms with van der Waals surface area (Å²) >= 11 is 1.99. The largest absolute Gasteiger partial charge is 0.390 e. The molecule has 0 aliphatic rings. The molecule has 5 nitrogen and oxygen atoms in total. The van der Waals surface area contributed by atoms with E-state index >= 15 is 0 Å². The number of alkyl halides is 1. The summed E-state index contributed by atoms with van der Waals surface area (Å²) in [5, 5.41) is 13.2. The second-order valence-electron chi connectivity index (χ2n) is 8.16. The van der Waals surface area contributed by atoms with Gasteiger partial charge in [0.1, 0.15) is 11.6 Å². The zero-order chi connectivity index (χ0) is 24.5. The van der Waals surface area contributed by atoms with Gasteiger partial charge in [-0.3, -0.25) is 9.59 Å². The molecule has 0 bridgehead atoms. The summed E-state index contributed by atoms with van der Waals surface area (Å²) in [6.07, 6.45) is 0.808. The number of hydrogen-bond acceptors (Lipinski definition) is 3. The minimum Gasteiger partial charge on any atom is -0.390 e. The Balaban J connectivity index is 2.27. The Kier molecular flexibility index (Phi) is 10.7. The molecule has 2 N–H and O–H groups in total. The van der Waals surface area contributed by atoms with Crippen molar-refractivity contribution in [3.63, 3.8) is 0 Å². The minimum atomic E-state index is -0.920. The van der Waals surface area contributed by atoms with Crippen molar-refractivity contribution in [3.05, 3.63) is 70.3 Å². The van der Waals surface area contributed by atoms with Crippen LogP contribution in [0, 0.1) is 18.6 Å². The molecule has 2 atom stereocenters. The van der Waals surface area contributed by atoms with Gasteiger partial charge in [0.05, 0.1) is 12.1 Å². The van der Waals surface area contributed by atoms with Crippen LogP contribution in [0.2, 0.25) is 0 Å². The highest BCUT2D eigenvalue weighted by molar-refractivity contribution is 14.1. The molecular formula is C25H31F2IN2O3. The van der Waals surface area contributed by atoms with E-state index in [1.165, 1.54) is 12.1 Å². The van der Waals surface area contributed by atoms with Crippen LogP contribution in [0.25, 0.3) is 0 Å². The van der Waals surface area contributed by atoms with Gasteiger partial charge in [0, 0.05) is 34.7 Å². The average molecular weight is 572 g/mol. The van der Waals surface area contributed by atoms with Gasteiger partial charge in [-0.1, -0.05) is 36.4 Å². The molecular weight excluding hydrogens is 541 g/mol. The number of aliphatic hydroxyl groups excluding tert-OH is 1. The van der Waals surface area contributed by atoms with Crippen LogP contribution in [0.1, 0.15) is 58.5 Å². The molecule has 180 valence electrons. The number of carbonyl (C=O) groups excluding carboxylic acids is 2. The monoisotopic (exact) mass is 572 g/mol. The zero-order valence-corrected chi connectivity index (χ0v) is 21.4. The molecule has 2 rings (SSSR count). The first-order valence-electron chi connectivity index (χ1n) is 11.1. The summed E-state index contributed by atoms with van der Waals surface area (Å²) in [6.45, 7) is 7.10. The smallest absolute Gasteiger partial charge is 0.253 e. The van der Waals surface area contributed by atoms with E-state index in [9.17, 15) is 23.5 Å². The van der Waals surface area contributed by atoms with Gasteiger partial charge in [0.25, 0.3) is 11.8 Å². The minimum absolute atomic E-state index is 0.0585. The first-order chi connectivity index (χ1) is 15.7. The quantitative estimate of drug-likeness (QED) is 0.304. The lowest BCUT2D eigenvalue weighted by Gasteiger charge is -2.24. The lowest BCUT2D eigenvalue weighted by molar-refractivity contribution is 0.0755. The lowest BCUT2D eigenvalue weighted by atomic mass is 10.00. The van der Waals surface area contributed by atoms with E-state index in [0.717, 1.165) is 24.5 Å². The summed E-state index contributed by atoms with van der Waals surface area (Å²) in [7, 11) is 0. The second kappa shape index (κ2) is 13.0. The Morgan fingerprint density at radius 3 is 2.12 bits per heavy atom. The highest BCUT2D eigenvalue weighted by Gasteiger charge is 2.23. The van der Waals surface area contributed by atoms with Crippen molar-refractivity contribution in [2.24, 2.45) is 0 Å². The molecule has 0 saturated heterocycles. The van der Waals surface area contributed by atoms with Gasteiger partial charge < -0.3 is 15.3 Å². The number of rotatable bonds is 11. The lowest BCUT2D eigenvalue weighted by Crippen LogP contribution is -2.45. The number of aliphatic hydroxyl groups is 1. The molecule has 0 aromatic heterocycles. The summed E-state index contributed by atoms with van der Waals surface area (Å²) < 4.78 is 27.5. The number of amides is 2. The van der Waals surface area contributed by atoms with Gasteiger partial charge >= 0.3 is 0 Å². The van der Waals surface area contributed by atoms with E-state index in [0.29, 0.717) is 34.2 Å². The fourth-order valence-electron chi connectivity index (χ4n) is 3.70. The normalized spacial score (nSPS) is 12.8. The molecule has 8 heteroatoms. The summed E-state index contributed by atoms with van der Waals surface area (Å²) in [6, 6.07) is 7.36. The number of halogens is 3. The maximum absolute atomic E-state index is 13.6. The third-order valence-electron chi connectivity index (χ3n) is 5.18. The number of hydrogen-bond donors (Lipinski definition) is 2. The highest BCUT2D eigenvalue weighted by atomic mass is 127. The van der Waals surface area contributed by atoms with E-state index in [2.05, 4.69) is 5.32 Å². The zero-order valence-electron chi connectivity index (χ0n) is 19.2. The summed E-state index contributed by atoms with van der Waals surface area (Å²) in [4.78, 5) is 27.8. The molecule has 0 spiro atoms. The Morgan fingerprint density at radius 2 is 1.58 bits per heavy atom. The Morgan fingerprint density at radius 1 is 1.00 bits per heavy atom. The predicted octanol–water partition coefficient (Wildman–Crippen LogP) is 4.67. The topological polar surface area (TPSA) is 69.6 Å². The van der Waals surface area contributed by atoms with E-state index in [-0.39, 0.29) is 12.3 Å². The number of carbonyl (C=O) groups is 2. The molecule has 0 aliphatic carbocycles. The van der Waals surface area contributed by atoms with Crippen LogP contribution in [0.5, 0.6) is 0 Å². The van der Waals surface area contributed by atoms with Crippen molar-refractivity contribution < 1.29 is 23.5 Å². The van der Waals surface area contributed by atoms with Crippen LogP contribution in [0.4, 0.5) is 8.78 Å². The van der Waals surface area contributed by atoms with Gasteiger partial charge in [-0.05, 0) is 67.6 Å². The second-order valence-corrected chi connectivity index (χ2v) is 9.04. The maximum Gasteiger partial charge on any atom is 0.253 e. The molecule has 0 saturated carbocycles. The predicted molar refractivity (Wildman–Crippen MR) is 134 cm³/mol. The van der Waals surface area contributed by atoms with E-state index in [1.807, 2.05) is 43.4 Å². The molecule has 0 unspecified atom stereocenters. The van der Waals surface area contributed by atoms with Crippen molar-refractivity contribution in [1.82, 2.24) is 10.2 Å². The first-order valence-corrected chi connectivity index (χ1v) is 12.6. The van der Waals surface area contributed by atoms with Crippen LogP contribution in [0.15, 0.2) is 36.4 Å². The van der Waals surface area contributed by atoms with Gasteiger partial charge in [0.2, 0.25) is 0 Å². The fraction of sp³-hybridized carbons (Fsp3) is 0.440. The van der Waals surface area contributed by atoms with Crippen molar-refractivity contribution in [3.8, 4) is 0 Å². The Hall–Kier alpha value is -2.07. The summed E-state index contributed by atoms with van der Waals surface area (Å²) in [5.74, 6) is -2.03. The van der Waals surface area contributed by atoms with Crippen molar-refractivity contribution in [2.45, 2.75) is 52.2 Å². The van der Waals surface area contributed by atoms with E-state index in [1.54, 1.807) is 23.1 Å². The van der Waals surface area contributed by atoms with Crippen LogP contribution in [0.3, 0.4) is 0 Å². The molecule has 2 amide bonds. The molecule has 0 heterocycles. The Bertz CT molecular complexity index is 944. The molecule has 2 aromatic rings. The molecule has 2 aromatic carbocycles. The molecule has 0 fully saturated rings. The average Bonchev–Trinajstić information content (AvgIpc) is 2.76. The Labute approximate surface area is 207 Å². The van der Waals surface area contributed by atoms with Crippen molar-refractivity contribution in [1.29, 1.82) is 0 Å². The van der Waals surface area contributed by atoms with Crippen LogP contribution in [-0.2, 0) is 6.42 Å². The third kappa shape index (κ3) is 8.03. The van der Waals surface area contributed by atoms with E-state index in [4.69, 9.17) is 0 Å². The van der Waals surface area contributed by atoms with Gasteiger partial charge in [0.15, 0.2) is 0 Å². The van der Waals surface area contributed by atoms with Gasteiger partial charge in [-0.25, -0.2) is 8.78 Å². The fourth-order valence-corrected chi connectivity index (χ4v) is 4.31. The van der Waals surface area contributed by atoms with E-state index < -0.39 is 29.7 Å². The molecule has 0 aliphatic heterocycles. The molecule has 33 heavy (non-hydrogen) atoms. The number of nitrogens with zero attached hydrogens (tertiary/aromatic N) is 1. The SMILES string of the molecule is CCCN(CCC)C(=O)c1cc(C)cc(C(=O)N[C@@H](Cc2cc(F)cc(F)c2)[C@H](O)CI)c1.